The third-order valence-electron chi connectivity index (χ3n) is 5.94. The van der Waals surface area contributed by atoms with Crippen LogP contribution in [-0.2, 0) is 52.4 Å². The van der Waals surface area contributed by atoms with Gasteiger partial charge in [0.15, 0.2) is 18.8 Å². The summed E-state index contributed by atoms with van der Waals surface area (Å²) in [6.07, 6.45) is 0.611. The van der Waals surface area contributed by atoms with Gasteiger partial charge in [-0.25, -0.2) is 4.79 Å². The van der Waals surface area contributed by atoms with E-state index in [0.29, 0.717) is 25.7 Å². The Labute approximate surface area is 242 Å². The first kappa shape index (κ1) is 35.9. The zero-order valence-corrected chi connectivity index (χ0v) is 25.2. The van der Waals surface area contributed by atoms with Gasteiger partial charge in [0.25, 0.3) is 0 Å². The van der Waals surface area contributed by atoms with Crippen LogP contribution in [0.5, 0.6) is 0 Å². The molecule has 0 amide bonds. The predicted molar refractivity (Wildman–Crippen MR) is 146 cm³/mol. The maximum Gasteiger partial charge on any atom is 0.364 e. The van der Waals surface area contributed by atoms with E-state index >= 15 is 0 Å². The minimum Gasteiger partial charge on any atom is -0.463 e. The summed E-state index contributed by atoms with van der Waals surface area (Å²) in [6.45, 7) is 6.83. The molecular formula is C29H46NO11+. The fraction of sp³-hybridized carbons (Fsp3) is 0.759. The maximum atomic E-state index is 13.0. The standard InChI is InChI=1S/C29H46NO11/c1-8-13-21(31)36-19-20-26(38-22(32)14-9-2)27(39-23(33)15-10-3)28(40-24(34)16-11-4)29(37-20)41-25(35)18-30(6,7)17-12-5/h5,20,26-29H,8-11,13-19H2,1-4,6-7H3/q+1/t20?,26-,27+,28-,29-/m1/s1. The minimum atomic E-state index is -1.57. The molecule has 1 heterocycles. The summed E-state index contributed by atoms with van der Waals surface area (Å²) >= 11 is 0. The van der Waals surface area contributed by atoms with Gasteiger partial charge in [0, 0.05) is 25.7 Å². The molecule has 1 saturated heterocycles. The Kier molecular flexibility index (Phi) is 16.0. The summed E-state index contributed by atoms with van der Waals surface area (Å²) in [4.78, 5) is 63.2. The number of hydrogen-bond donors (Lipinski definition) is 0. The molecule has 41 heavy (non-hydrogen) atoms. The molecule has 0 aliphatic carbocycles. The van der Waals surface area contributed by atoms with Crippen molar-refractivity contribution in [1.29, 1.82) is 0 Å². The highest BCUT2D eigenvalue weighted by Gasteiger charge is 2.54. The second-order valence-corrected chi connectivity index (χ2v) is 10.5. The molecule has 0 spiro atoms. The van der Waals surface area contributed by atoms with Crippen LogP contribution in [0.4, 0.5) is 0 Å². The number of carbonyl (C=O) groups excluding carboxylic acids is 5. The van der Waals surface area contributed by atoms with Gasteiger partial charge in [-0.15, -0.1) is 6.42 Å². The van der Waals surface area contributed by atoms with Crippen molar-refractivity contribution in [2.24, 2.45) is 0 Å². The van der Waals surface area contributed by atoms with E-state index in [-0.39, 0.29) is 43.3 Å². The van der Waals surface area contributed by atoms with Crippen molar-refractivity contribution < 1.29 is 56.9 Å². The van der Waals surface area contributed by atoms with Crippen molar-refractivity contribution in [1.82, 2.24) is 0 Å². The molecule has 0 aromatic rings. The van der Waals surface area contributed by atoms with E-state index in [1.807, 2.05) is 6.92 Å². The molecule has 232 valence electrons. The van der Waals surface area contributed by atoms with Gasteiger partial charge in [-0.3, -0.25) is 19.2 Å². The lowest BCUT2D eigenvalue weighted by atomic mass is 9.97. The van der Waals surface area contributed by atoms with Gasteiger partial charge in [-0.1, -0.05) is 27.7 Å². The van der Waals surface area contributed by atoms with Crippen molar-refractivity contribution in [2.75, 3.05) is 33.8 Å². The first-order valence-corrected chi connectivity index (χ1v) is 14.3. The van der Waals surface area contributed by atoms with Crippen molar-refractivity contribution in [3.63, 3.8) is 0 Å². The van der Waals surface area contributed by atoms with Crippen LogP contribution < -0.4 is 0 Å². The quantitative estimate of drug-likeness (QED) is 0.108. The largest absolute Gasteiger partial charge is 0.463 e. The van der Waals surface area contributed by atoms with Crippen LogP contribution in [0, 0.1) is 12.3 Å². The van der Waals surface area contributed by atoms with Crippen LogP contribution in [0.2, 0.25) is 0 Å². The SMILES string of the molecule is C#CC[N+](C)(C)CC(=O)O[C@H]1OC(COC(=O)CCC)[C@@H](OC(=O)CCC)[C@H](OC(=O)CCC)[C@H]1OC(=O)CCC. The number of hydrogen-bond acceptors (Lipinski definition) is 11. The van der Waals surface area contributed by atoms with E-state index in [1.54, 1.807) is 34.9 Å². The lowest BCUT2D eigenvalue weighted by Crippen LogP contribution is -2.63. The van der Waals surface area contributed by atoms with Gasteiger partial charge >= 0.3 is 29.8 Å². The number of carbonyl (C=O) groups is 5. The van der Waals surface area contributed by atoms with Gasteiger partial charge in [-0.05, 0) is 31.6 Å². The number of ether oxygens (including phenoxy) is 6. The van der Waals surface area contributed by atoms with Gasteiger partial charge < -0.3 is 32.9 Å². The monoisotopic (exact) mass is 584 g/mol. The molecule has 12 nitrogen and oxygen atoms in total. The maximum absolute atomic E-state index is 13.0. The lowest BCUT2D eigenvalue weighted by molar-refractivity contribution is -0.875. The molecule has 1 rings (SSSR count). The van der Waals surface area contributed by atoms with Gasteiger partial charge in [0.1, 0.15) is 19.3 Å². The van der Waals surface area contributed by atoms with Crippen molar-refractivity contribution >= 4 is 29.8 Å². The van der Waals surface area contributed by atoms with Crippen molar-refractivity contribution in [3.8, 4) is 12.3 Å². The Morgan fingerprint density at radius 2 is 1.15 bits per heavy atom. The lowest BCUT2D eigenvalue weighted by Gasteiger charge is -2.44. The molecule has 0 radical (unpaired) electrons. The van der Waals surface area contributed by atoms with E-state index in [0.717, 1.165) is 0 Å². The number of esters is 5. The van der Waals surface area contributed by atoms with Gasteiger partial charge in [-0.2, -0.15) is 0 Å². The molecule has 1 unspecified atom stereocenters. The fourth-order valence-electron chi connectivity index (χ4n) is 4.02. The number of quaternary nitrogens is 1. The van der Waals surface area contributed by atoms with Crippen LogP contribution in [0.1, 0.15) is 79.1 Å². The van der Waals surface area contributed by atoms with E-state index in [2.05, 4.69) is 5.92 Å². The van der Waals surface area contributed by atoms with Crippen LogP contribution in [0.25, 0.3) is 0 Å². The summed E-state index contributed by atoms with van der Waals surface area (Å²) < 4.78 is 34.1. The van der Waals surface area contributed by atoms with E-state index < -0.39 is 67.2 Å². The molecule has 0 aromatic carbocycles. The summed E-state index contributed by atoms with van der Waals surface area (Å²) in [6, 6.07) is 0. The Bertz CT molecular complexity index is 926. The summed E-state index contributed by atoms with van der Waals surface area (Å²) in [7, 11) is 3.46. The van der Waals surface area contributed by atoms with Crippen molar-refractivity contribution in [3.05, 3.63) is 0 Å². The highest BCUT2D eigenvalue weighted by atomic mass is 16.7. The van der Waals surface area contributed by atoms with Crippen LogP contribution in [-0.4, -0.2) is 98.8 Å². The Morgan fingerprint density at radius 3 is 1.63 bits per heavy atom. The molecule has 1 fully saturated rings. The predicted octanol–water partition coefficient (Wildman–Crippen LogP) is 2.44. The second kappa shape index (κ2) is 18.3. The molecule has 0 bridgehead atoms. The average molecular weight is 585 g/mol. The molecule has 1 aliphatic rings. The molecule has 0 aromatic heterocycles. The molecule has 0 N–H and O–H groups in total. The summed E-state index contributed by atoms with van der Waals surface area (Å²) in [5.41, 5.74) is 0. The van der Waals surface area contributed by atoms with E-state index in [9.17, 15) is 24.0 Å². The number of nitrogens with zero attached hydrogens (tertiary/aromatic N) is 1. The van der Waals surface area contributed by atoms with Gasteiger partial charge in [0.05, 0.1) is 14.1 Å². The molecule has 0 saturated carbocycles. The molecule has 12 heteroatoms. The normalized spacial score (nSPS) is 22.1. The Hall–Kier alpha value is -3.17. The average Bonchev–Trinajstić information content (AvgIpc) is 2.86. The number of likely N-dealkylation sites (N-methyl/N-ethyl adjacent to an activating group) is 1. The molecular weight excluding hydrogens is 538 g/mol. The second-order valence-electron chi connectivity index (χ2n) is 10.5. The van der Waals surface area contributed by atoms with E-state index in [4.69, 9.17) is 34.8 Å². The smallest absolute Gasteiger partial charge is 0.364 e. The first-order valence-electron chi connectivity index (χ1n) is 14.3. The van der Waals surface area contributed by atoms with Gasteiger partial charge in [0.2, 0.25) is 12.4 Å². The number of terminal acetylenes is 1. The highest BCUT2D eigenvalue weighted by molar-refractivity contribution is 5.73. The third-order valence-corrected chi connectivity index (χ3v) is 5.94. The minimum absolute atomic E-state index is 0.0250. The molecule has 5 atom stereocenters. The number of rotatable bonds is 17. The highest BCUT2D eigenvalue weighted by Crippen LogP contribution is 2.31. The Balaban J connectivity index is 3.53. The van der Waals surface area contributed by atoms with Crippen molar-refractivity contribution in [2.45, 2.75) is 110 Å². The Morgan fingerprint density at radius 1 is 0.683 bits per heavy atom. The topological polar surface area (TPSA) is 141 Å². The fourth-order valence-corrected chi connectivity index (χ4v) is 4.02. The third kappa shape index (κ3) is 12.9. The van der Waals surface area contributed by atoms with Crippen LogP contribution in [0.15, 0.2) is 0 Å². The zero-order valence-electron chi connectivity index (χ0n) is 25.2. The van der Waals surface area contributed by atoms with Crippen LogP contribution in [0.3, 0.4) is 0 Å². The molecule has 1 aliphatic heterocycles. The summed E-state index contributed by atoms with van der Waals surface area (Å²) in [5.74, 6) is -0.680. The first-order chi connectivity index (χ1) is 19.4. The van der Waals surface area contributed by atoms with Crippen LogP contribution >= 0.6 is 0 Å². The zero-order chi connectivity index (χ0) is 31.0. The van der Waals surface area contributed by atoms with E-state index in [1.165, 1.54) is 0 Å². The summed E-state index contributed by atoms with van der Waals surface area (Å²) in [5, 5.41) is 0.